The van der Waals surface area contributed by atoms with Crippen molar-refractivity contribution in [3.8, 4) is 0 Å². The van der Waals surface area contributed by atoms with Crippen LogP contribution in [0.15, 0.2) is 18.2 Å². The number of carbonyl (C=O) groups excluding carboxylic acids is 1. The Labute approximate surface area is 126 Å². The third-order valence-electron chi connectivity index (χ3n) is 4.31. The van der Waals surface area contributed by atoms with Gasteiger partial charge >= 0.3 is 0 Å². The van der Waals surface area contributed by atoms with Gasteiger partial charge in [0.15, 0.2) is 0 Å². The van der Waals surface area contributed by atoms with Crippen molar-refractivity contribution in [3.05, 3.63) is 29.6 Å². The molecular weight excluding hydrogens is 267 g/mol. The fourth-order valence-corrected chi connectivity index (χ4v) is 3.13. The predicted octanol–water partition coefficient (Wildman–Crippen LogP) is 3.96. The van der Waals surface area contributed by atoms with Crippen molar-refractivity contribution < 1.29 is 9.18 Å². The summed E-state index contributed by atoms with van der Waals surface area (Å²) >= 11 is 0. The Morgan fingerprint density at radius 1 is 1.33 bits per heavy atom. The molecule has 0 aromatic heterocycles. The first-order chi connectivity index (χ1) is 10.2. The monoisotopic (exact) mass is 292 g/mol. The van der Waals surface area contributed by atoms with E-state index in [1.807, 2.05) is 6.92 Å². The zero-order valence-electron chi connectivity index (χ0n) is 12.9. The lowest BCUT2D eigenvalue weighted by molar-refractivity contribution is 0.0919. The minimum absolute atomic E-state index is 0.174. The molecule has 1 fully saturated rings. The van der Waals surface area contributed by atoms with Crippen molar-refractivity contribution in [1.29, 1.82) is 0 Å². The number of para-hydroxylation sites is 1. The van der Waals surface area contributed by atoms with E-state index >= 15 is 0 Å². The molecule has 4 heteroatoms. The average Bonchev–Trinajstić information content (AvgIpc) is 2.49. The number of hydrogen-bond donors (Lipinski definition) is 2. The highest BCUT2D eigenvalue weighted by atomic mass is 19.1. The number of rotatable bonds is 5. The normalized spacial score (nSPS) is 21.9. The van der Waals surface area contributed by atoms with Crippen molar-refractivity contribution in [2.75, 3.05) is 11.9 Å². The smallest absolute Gasteiger partial charge is 0.253 e. The van der Waals surface area contributed by atoms with Gasteiger partial charge in [-0.25, -0.2) is 4.39 Å². The molecule has 1 aromatic carbocycles. The highest BCUT2D eigenvalue weighted by Gasteiger charge is 2.23. The average molecular weight is 292 g/mol. The molecule has 2 rings (SSSR count). The SMILES string of the molecule is CCNc1c(F)cccc1C(=O)NC1CCCC(CC)C1. The van der Waals surface area contributed by atoms with Crippen molar-refractivity contribution in [3.63, 3.8) is 0 Å². The summed E-state index contributed by atoms with van der Waals surface area (Å²) < 4.78 is 13.9. The van der Waals surface area contributed by atoms with Gasteiger partial charge in [0, 0.05) is 12.6 Å². The molecule has 0 saturated heterocycles. The van der Waals surface area contributed by atoms with E-state index in [1.54, 1.807) is 12.1 Å². The molecule has 0 spiro atoms. The Hall–Kier alpha value is -1.58. The number of halogens is 1. The molecule has 0 heterocycles. The molecule has 116 valence electrons. The largest absolute Gasteiger partial charge is 0.382 e. The first kappa shape index (κ1) is 15.8. The van der Waals surface area contributed by atoms with E-state index in [0.717, 1.165) is 25.7 Å². The number of benzene rings is 1. The molecule has 3 nitrogen and oxygen atoms in total. The van der Waals surface area contributed by atoms with E-state index in [4.69, 9.17) is 0 Å². The van der Waals surface area contributed by atoms with Crippen LogP contribution in [0.4, 0.5) is 10.1 Å². The number of carbonyl (C=O) groups is 1. The van der Waals surface area contributed by atoms with Crippen LogP contribution in [0.2, 0.25) is 0 Å². The molecule has 1 amide bonds. The van der Waals surface area contributed by atoms with Crippen LogP contribution in [-0.4, -0.2) is 18.5 Å². The third-order valence-corrected chi connectivity index (χ3v) is 4.31. The van der Waals surface area contributed by atoms with Crippen LogP contribution in [0.3, 0.4) is 0 Å². The van der Waals surface area contributed by atoms with Crippen LogP contribution in [0.25, 0.3) is 0 Å². The van der Waals surface area contributed by atoms with Gasteiger partial charge in [-0.2, -0.15) is 0 Å². The Balaban J connectivity index is 2.08. The summed E-state index contributed by atoms with van der Waals surface area (Å²) in [6.45, 7) is 4.67. The summed E-state index contributed by atoms with van der Waals surface area (Å²) in [5.41, 5.74) is 0.704. The van der Waals surface area contributed by atoms with Crippen LogP contribution >= 0.6 is 0 Å². The van der Waals surface area contributed by atoms with Crippen LogP contribution in [0.1, 0.15) is 56.3 Å². The maximum atomic E-state index is 13.9. The van der Waals surface area contributed by atoms with Crippen LogP contribution in [-0.2, 0) is 0 Å². The Kier molecular flexibility index (Phi) is 5.59. The fourth-order valence-electron chi connectivity index (χ4n) is 3.13. The lowest BCUT2D eigenvalue weighted by Crippen LogP contribution is -2.38. The number of hydrogen-bond acceptors (Lipinski definition) is 2. The highest BCUT2D eigenvalue weighted by molar-refractivity contribution is 5.99. The summed E-state index contributed by atoms with van der Waals surface area (Å²) in [7, 11) is 0. The van der Waals surface area contributed by atoms with Gasteiger partial charge in [0.25, 0.3) is 5.91 Å². The van der Waals surface area contributed by atoms with Gasteiger partial charge in [-0.1, -0.05) is 32.3 Å². The topological polar surface area (TPSA) is 41.1 Å². The Morgan fingerprint density at radius 3 is 2.86 bits per heavy atom. The van der Waals surface area contributed by atoms with Gasteiger partial charge in [0.05, 0.1) is 11.3 Å². The van der Waals surface area contributed by atoms with Crippen molar-refractivity contribution >= 4 is 11.6 Å². The zero-order chi connectivity index (χ0) is 15.2. The van der Waals surface area contributed by atoms with E-state index in [2.05, 4.69) is 17.6 Å². The Morgan fingerprint density at radius 2 is 2.14 bits per heavy atom. The standard InChI is InChI=1S/C17H25FN2O/c1-3-12-7-5-8-13(11-12)20-17(21)14-9-6-10-15(18)16(14)19-4-2/h6,9-10,12-13,19H,3-5,7-8,11H2,1-2H3,(H,20,21). The quantitative estimate of drug-likeness (QED) is 0.862. The van der Waals surface area contributed by atoms with Gasteiger partial charge in [0.1, 0.15) is 5.82 Å². The van der Waals surface area contributed by atoms with Crippen molar-refractivity contribution in [2.24, 2.45) is 5.92 Å². The van der Waals surface area contributed by atoms with E-state index in [0.29, 0.717) is 23.7 Å². The minimum atomic E-state index is -0.375. The molecule has 2 unspecified atom stereocenters. The zero-order valence-corrected chi connectivity index (χ0v) is 12.9. The number of nitrogens with one attached hydrogen (secondary N) is 2. The summed E-state index contributed by atoms with van der Waals surface area (Å²) in [5.74, 6) is 0.150. The lowest BCUT2D eigenvalue weighted by Gasteiger charge is -2.29. The van der Waals surface area contributed by atoms with Gasteiger partial charge in [-0.3, -0.25) is 4.79 Å². The van der Waals surface area contributed by atoms with Gasteiger partial charge in [-0.15, -0.1) is 0 Å². The number of anilines is 1. The predicted molar refractivity (Wildman–Crippen MR) is 84.1 cm³/mol. The first-order valence-corrected chi connectivity index (χ1v) is 7.98. The summed E-state index contributed by atoms with van der Waals surface area (Å²) in [6.07, 6.45) is 5.63. The number of amides is 1. The molecule has 0 bridgehead atoms. The van der Waals surface area contributed by atoms with Crippen LogP contribution in [0, 0.1) is 11.7 Å². The van der Waals surface area contributed by atoms with Crippen molar-refractivity contribution in [2.45, 2.75) is 52.0 Å². The molecule has 1 aromatic rings. The Bertz CT molecular complexity index is 490. The maximum absolute atomic E-state index is 13.9. The van der Waals surface area contributed by atoms with E-state index in [-0.39, 0.29) is 17.8 Å². The molecular formula is C17H25FN2O. The van der Waals surface area contributed by atoms with Gasteiger partial charge < -0.3 is 10.6 Å². The fraction of sp³-hybridized carbons (Fsp3) is 0.588. The van der Waals surface area contributed by atoms with Crippen LogP contribution in [0.5, 0.6) is 0 Å². The van der Waals surface area contributed by atoms with E-state index < -0.39 is 0 Å². The molecule has 2 N–H and O–H groups in total. The molecule has 0 radical (unpaired) electrons. The summed E-state index contributed by atoms with van der Waals surface area (Å²) in [5, 5.41) is 6.03. The summed E-state index contributed by atoms with van der Waals surface area (Å²) in [4.78, 5) is 12.4. The van der Waals surface area contributed by atoms with E-state index in [1.165, 1.54) is 12.5 Å². The first-order valence-electron chi connectivity index (χ1n) is 7.98. The lowest BCUT2D eigenvalue weighted by atomic mass is 9.84. The molecule has 1 aliphatic carbocycles. The van der Waals surface area contributed by atoms with Gasteiger partial charge in [0.2, 0.25) is 0 Å². The second-order valence-electron chi connectivity index (χ2n) is 5.80. The summed E-state index contributed by atoms with van der Waals surface area (Å²) in [6, 6.07) is 4.86. The molecule has 2 atom stereocenters. The van der Waals surface area contributed by atoms with Crippen molar-refractivity contribution in [1.82, 2.24) is 5.32 Å². The molecule has 0 aliphatic heterocycles. The molecule has 1 aliphatic rings. The van der Waals surface area contributed by atoms with Gasteiger partial charge in [-0.05, 0) is 37.8 Å². The highest BCUT2D eigenvalue weighted by Crippen LogP contribution is 2.27. The second-order valence-corrected chi connectivity index (χ2v) is 5.80. The third kappa shape index (κ3) is 3.96. The van der Waals surface area contributed by atoms with E-state index in [9.17, 15) is 9.18 Å². The maximum Gasteiger partial charge on any atom is 0.253 e. The molecule has 21 heavy (non-hydrogen) atoms. The second kappa shape index (κ2) is 7.43. The molecule has 1 saturated carbocycles. The minimum Gasteiger partial charge on any atom is -0.382 e. The van der Waals surface area contributed by atoms with Crippen LogP contribution < -0.4 is 10.6 Å².